The Hall–Kier alpha value is -1.84. The van der Waals surface area contributed by atoms with Crippen LogP contribution in [0, 0.1) is 0 Å². The third kappa shape index (κ3) is 3.43. The second-order valence-corrected chi connectivity index (χ2v) is 5.57. The van der Waals surface area contributed by atoms with E-state index >= 15 is 0 Å². The topological polar surface area (TPSA) is 52.6 Å². The van der Waals surface area contributed by atoms with Crippen molar-refractivity contribution in [2.75, 3.05) is 13.2 Å². The van der Waals surface area contributed by atoms with Gasteiger partial charge < -0.3 is 9.47 Å². The van der Waals surface area contributed by atoms with Gasteiger partial charge in [-0.05, 0) is 49.3 Å². The van der Waals surface area contributed by atoms with E-state index in [1.54, 1.807) is 13.0 Å². The van der Waals surface area contributed by atoms with Crippen LogP contribution < -0.4 is 4.74 Å². The Morgan fingerprint density at radius 3 is 2.71 bits per heavy atom. The maximum absolute atomic E-state index is 12.3. The summed E-state index contributed by atoms with van der Waals surface area (Å²) in [7, 11) is 0. The Morgan fingerprint density at radius 1 is 1.29 bits per heavy atom. The van der Waals surface area contributed by atoms with Crippen LogP contribution in [0.3, 0.4) is 0 Å². The van der Waals surface area contributed by atoms with Gasteiger partial charge >= 0.3 is 5.97 Å². The van der Waals surface area contributed by atoms with Crippen LogP contribution in [0.4, 0.5) is 0 Å². The molecule has 4 nitrogen and oxygen atoms in total. The van der Waals surface area contributed by atoms with Crippen molar-refractivity contribution in [1.82, 2.24) is 0 Å². The molecule has 1 aromatic rings. The van der Waals surface area contributed by atoms with Gasteiger partial charge in [-0.1, -0.05) is 19.9 Å². The fourth-order valence-electron chi connectivity index (χ4n) is 2.47. The van der Waals surface area contributed by atoms with E-state index in [1.165, 1.54) is 0 Å². The lowest BCUT2D eigenvalue weighted by Gasteiger charge is -2.16. The average Bonchev–Trinajstić information content (AvgIpc) is 2.70. The zero-order valence-electron chi connectivity index (χ0n) is 12.9. The SMILES string of the molecule is CCOC(=O)C(=O)c1cc(C(C)C)cc2c1OCCCC2. The van der Waals surface area contributed by atoms with Crippen LogP contribution in [-0.4, -0.2) is 25.0 Å². The van der Waals surface area contributed by atoms with Crippen LogP contribution in [0.25, 0.3) is 0 Å². The maximum atomic E-state index is 12.3. The van der Waals surface area contributed by atoms with Gasteiger partial charge in [0.15, 0.2) is 0 Å². The zero-order chi connectivity index (χ0) is 15.4. The molecular formula is C17H22O4. The number of rotatable bonds is 4. The summed E-state index contributed by atoms with van der Waals surface area (Å²) in [5, 5.41) is 0. The number of hydrogen-bond donors (Lipinski definition) is 0. The van der Waals surface area contributed by atoms with Crippen molar-refractivity contribution in [1.29, 1.82) is 0 Å². The number of esters is 1. The molecule has 1 heterocycles. The molecule has 0 unspecified atom stereocenters. The molecular weight excluding hydrogens is 268 g/mol. The van der Waals surface area contributed by atoms with Crippen molar-refractivity contribution < 1.29 is 19.1 Å². The van der Waals surface area contributed by atoms with Gasteiger partial charge in [0, 0.05) is 0 Å². The summed E-state index contributed by atoms with van der Waals surface area (Å²) in [6.07, 6.45) is 2.86. The average molecular weight is 290 g/mol. The molecule has 0 saturated heterocycles. The summed E-state index contributed by atoms with van der Waals surface area (Å²) >= 11 is 0. The second kappa shape index (κ2) is 6.74. The van der Waals surface area contributed by atoms with Crippen molar-refractivity contribution in [3.63, 3.8) is 0 Å². The summed E-state index contributed by atoms with van der Waals surface area (Å²) in [5.41, 5.74) is 2.41. The molecule has 0 N–H and O–H groups in total. The van der Waals surface area contributed by atoms with Gasteiger partial charge in [-0.15, -0.1) is 0 Å². The van der Waals surface area contributed by atoms with E-state index in [0.29, 0.717) is 17.9 Å². The molecule has 1 aromatic carbocycles. The number of hydrogen-bond acceptors (Lipinski definition) is 4. The van der Waals surface area contributed by atoms with E-state index < -0.39 is 11.8 Å². The maximum Gasteiger partial charge on any atom is 0.379 e. The molecule has 1 aliphatic rings. The highest BCUT2D eigenvalue weighted by Gasteiger charge is 2.26. The van der Waals surface area contributed by atoms with E-state index in [2.05, 4.69) is 19.9 Å². The predicted molar refractivity (Wildman–Crippen MR) is 79.9 cm³/mol. The molecule has 114 valence electrons. The van der Waals surface area contributed by atoms with Crippen molar-refractivity contribution in [3.05, 3.63) is 28.8 Å². The Balaban J connectivity index is 2.49. The summed E-state index contributed by atoms with van der Waals surface area (Å²) in [6, 6.07) is 3.86. The summed E-state index contributed by atoms with van der Waals surface area (Å²) < 4.78 is 10.6. The lowest BCUT2D eigenvalue weighted by atomic mass is 9.93. The first-order chi connectivity index (χ1) is 10.0. The smallest absolute Gasteiger partial charge is 0.379 e. The largest absolute Gasteiger partial charge is 0.493 e. The van der Waals surface area contributed by atoms with Crippen molar-refractivity contribution >= 4 is 11.8 Å². The molecule has 0 bridgehead atoms. The highest BCUT2D eigenvalue weighted by atomic mass is 16.5. The summed E-state index contributed by atoms with van der Waals surface area (Å²) in [5.74, 6) is -0.576. The molecule has 0 radical (unpaired) electrons. The van der Waals surface area contributed by atoms with Gasteiger partial charge in [0.05, 0.1) is 18.8 Å². The molecule has 21 heavy (non-hydrogen) atoms. The highest BCUT2D eigenvalue weighted by molar-refractivity contribution is 6.41. The lowest BCUT2D eigenvalue weighted by Crippen LogP contribution is -2.19. The standard InChI is InChI=1S/C17H22O4/c1-4-20-17(19)15(18)14-10-13(11(2)3)9-12-7-5-6-8-21-16(12)14/h9-11H,4-8H2,1-3H3. The third-order valence-corrected chi connectivity index (χ3v) is 3.65. The van der Waals surface area contributed by atoms with Crippen LogP contribution in [0.1, 0.15) is 61.0 Å². The minimum atomic E-state index is -0.812. The molecule has 4 heteroatoms. The van der Waals surface area contributed by atoms with Crippen LogP contribution in [0.15, 0.2) is 12.1 Å². The minimum absolute atomic E-state index is 0.192. The molecule has 0 spiro atoms. The van der Waals surface area contributed by atoms with Gasteiger partial charge in [-0.2, -0.15) is 0 Å². The van der Waals surface area contributed by atoms with Crippen molar-refractivity contribution in [2.24, 2.45) is 0 Å². The number of ether oxygens (including phenoxy) is 2. The van der Waals surface area contributed by atoms with E-state index in [4.69, 9.17) is 9.47 Å². The van der Waals surface area contributed by atoms with Gasteiger partial charge in [-0.25, -0.2) is 4.79 Å². The number of carbonyl (C=O) groups excluding carboxylic acids is 2. The van der Waals surface area contributed by atoms with Gasteiger partial charge in [-0.3, -0.25) is 4.79 Å². The molecule has 0 saturated carbocycles. The zero-order valence-corrected chi connectivity index (χ0v) is 12.9. The highest BCUT2D eigenvalue weighted by Crippen LogP contribution is 2.33. The first-order valence-electron chi connectivity index (χ1n) is 7.55. The number of benzene rings is 1. The Kier molecular flexibility index (Phi) is 4.99. The van der Waals surface area contributed by atoms with Crippen LogP contribution in [0.5, 0.6) is 5.75 Å². The normalized spacial score (nSPS) is 14.1. The summed E-state index contributed by atoms with van der Waals surface area (Å²) in [4.78, 5) is 24.1. The third-order valence-electron chi connectivity index (χ3n) is 3.65. The van der Waals surface area contributed by atoms with Crippen molar-refractivity contribution in [3.8, 4) is 5.75 Å². The van der Waals surface area contributed by atoms with Crippen LogP contribution >= 0.6 is 0 Å². The number of aryl methyl sites for hydroxylation is 1. The van der Waals surface area contributed by atoms with Gasteiger partial charge in [0.2, 0.25) is 0 Å². The van der Waals surface area contributed by atoms with Gasteiger partial charge in [0.1, 0.15) is 5.75 Å². The number of Topliss-reactive ketones (excluding diaryl/α,β-unsaturated/α-hetero) is 1. The Bertz CT molecular complexity index is 546. The molecule has 2 rings (SSSR count). The molecule has 0 aromatic heterocycles. The number of ketones is 1. The lowest BCUT2D eigenvalue weighted by molar-refractivity contribution is -0.137. The molecule has 1 aliphatic heterocycles. The monoisotopic (exact) mass is 290 g/mol. The minimum Gasteiger partial charge on any atom is -0.493 e. The first kappa shape index (κ1) is 15.5. The molecule has 0 aliphatic carbocycles. The van der Waals surface area contributed by atoms with E-state index in [1.807, 2.05) is 0 Å². The Labute approximate surface area is 125 Å². The first-order valence-corrected chi connectivity index (χ1v) is 7.55. The molecule has 0 atom stereocenters. The number of fused-ring (bicyclic) bond motifs is 1. The summed E-state index contributed by atoms with van der Waals surface area (Å²) in [6.45, 7) is 6.59. The fourth-order valence-corrected chi connectivity index (χ4v) is 2.47. The molecule has 0 amide bonds. The Morgan fingerprint density at radius 2 is 2.05 bits per heavy atom. The second-order valence-electron chi connectivity index (χ2n) is 5.57. The van der Waals surface area contributed by atoms with Crippen molar-refractivity contribution in [2.45, 2.75) is 46.0 Å². The quantitative estimate of drug-likeness (QED) is 0.485. The van der Waals surface area contributed by atoms with E-state index in [9.17, 15) is 9.59 Å². The number of carbonyl (C=O) groups is 2. The van der Waals surface area contributed by atoms with Gasteiger partial charge in [0.25, 0.3) is 5.78 Å². The fraction of sp³-hybridized carbons (Fsp3) is 0.529. The molecule has 0 fully saturated rings. The predicted octanol–water partition coefficient (Wildman–Crippen LogP) is 3.27. The van der Waals surface area contributed by atoms with Crippen LogP contribution in [-0.2, 0) is 16.0 Å². The van der Waals surface area contributed by atoms with E-state index in [-0.39, 0.29) is 12.5 Å². The van der Waals surface area contributed by atoms with Crippen LogP contribution in [0.2, 0.25) is 0 Å². The van der Waals surface area contributed by atoms with E-state index in [0.717, 1.165) is 30.4 Å².